The molecule has 3 aromatic carbocycles. The van der Waals surface area contributed by atoms with E-state index in [-0.39, 0.29) is 23.4 Å². The number of aromatic nitrogens is 2. The van der Waals surface area contributed by atoms with Gasteiger partial charge in [-0.05, 0) is 86.1 Å². The predicted molar refractivity (Wildman–Crippen MR) is 177 cm³/mol. The molecule has 2 fully saturated rings. The molecule has 250 valence electrons. The molecule has 0 spiro atoms. The second-order valence-electron chi connectivity index (χ2n) is 12.6. The molecule has 1 saturated heterocycles. The first kappa shape index (κ1) is 33.3. The number of hydrogen-bond donors (Lipinski definition) is 2. The first-order valence-corrected chi connectivity index (χ1v) is 16.2. The van der Waals surface area contributed by atoms with Crippen LogP contribution in [0, 0.1) is 17.6 Å². The highest BCUT2D eigenvalue weighted by Gasteiger charge is 2.38. The average Bonchev–Trinajstić information content (AvgIpc) is 3.10. The van der Waals surface area contributed by atoms with Crippen molar-refractivity contribution in [3.05, 3.63) is 101 Å². The number of hydrogen-bond acceptors (Lipinski definition) is 6. The number of para-hydroxylation sites is 1. The number of aliphatic imine (C=N–C) groups is 1. The van der Waals surface area contributed by atoms with Crippen molar-refractivity contribution >= 4 is 28.7 Å². The standard InChI is InChI=1S/C37H37F4N5O2/c38-31-17-25(18-32(39)30(31)16-22-12-14-48-15-13-22)29-2-1-3-33-35(29)46-34(21-45-33)26(19-42)20-44-28-10-6-24(7-11-28)23-4-8-27(9-5-23)37(40,41)36(43)47/h1-5,8-9,17-22,24,28H,6-7,10-16,42H2,(H2,43,47). The maximum absolute atomic E-state index is 15.3. The fourth-order valence-corrected chi connectivity index (χ4v) is 6.64. The summed E-state index contributed by atoms with van der Waals surface area (Å²) in [5.74, 6) is -6.17. The minimum absolute atomic E-state index is 0.0317. The number of allylic oxidation sites excluding steroid dienone is 1. The van der Waals surface area contributed by atoms with Gasteiger partial charge in [0.25, 0.3) is 5.91 Å². The summed E-state index contributed by atoms with van der Waals surface area (Å²) < 4.78 is 63.9. The fraction of sp³-hybridized carbons (Fsp3) is 0.351. The molecule has 7 nitrogen and oxygen atoms in total. The largest absolute Gasteiger partial charge is 0.404 e. The Labute approximate surface area is 276 Å². The molecule has 2 aliphatic rings. The van der Waals surface area contributed by atoms with E-state index in [4.69, 9.17) is 26.2 Å². The first-order chi connectivity index (χ1) is 23.1. The van der Waals surface area contributed by atoms with Crippen LogP contribution in [0.2, 0.25) is 0 Å². The number of halogens is 4. The van der Waals surface area contributed by atoms with Crippen LogP contribution in [0.25, 0.3) is 27.7 Å². The number of nitrogens with two attached hydrogens (primary N) is 2. The monoisotopic (exact) mass is 659 g/mol. The van der Waals surface area contributed by atoms with Gasteiger partial charge >= 0.3 is 5.92 Å². The van der Waals surface area contributed by atoms with Gasteiger partial charge in [-0.15, -0.1) is 0 Å². The van der Waals surface area contributed by atoms with Crippen LogP contribution in [-0.4, -0.2) is 41.3 Å². The SMILES string of the molecule is NC=C(C=NC1CCC(c2ccc(C(F)(F)C(N)=O)cc2)CC1)c1cnc2cccc(-c3cc(F)c(CC4CCOCC4)c(F)c3)c2n1. The van der Waals surface area contributed by atoms with E-state index in [0.717, 1.165) is 44.1 Å². The molecule has 48 heavy (non-hydrogen) atoms. The summed E-state index contributed by atoms with van der Waals surface area (Å²) in [6.07, 6.45) is 9.77. The van der Waals surface area contributed by atoms with Gasteiger partial charge in [0.2, 0.25) is 0 Å². The minimum Gasteiger partial charge on any atom is -0.404 e. The molecular weight excluding hydrogens is 622 g/mol. The number of rotatable bonds is 9. The lowest BCUT2D eigenvalue weighted by molar-refractivity contribution is -0.143. The Morgan fingerprint density at radius 2 is 1.67 bits per heavy atom. The van der Waals surface area contributed by atoms with E-state index in [9.17, 15) is 13.6 Å². The summed E-state index contributed by atoms with van der Waals surface area (Å²) in [6, 6.07) is 13.9. The van der Waals surface area contributed by atoms with E-state index in [2.05, 4.69) is 4.98 Å². The van der Waals surface area contributed by atoms with Crippen LogP contribution in [0.4, 0.5) is 17.6 Å². The lowest BCUT2D eigenvalue weighted by Gasteiger charge is -2.27. The molecule has 11 heteroatoms. The summed E-state index contributed by atoms with van der Waals surface area (Å²) in [4.78, 5) is 25.2. The molecule has 0 atom stereocenters. The summed E-state index contributed by atoms with van der Waals surface area (Å²) in [5.41, 5.74) is 14.5. The van der Waals surface area contributed by atoms with Gasteiger partial charge in [-0.3, -0.25) is 14.8 Å². The summed E-state index contributed by atoms with van der Waals surface area (Å²) in [6.45, 7) is 1.22. The molecule has 1 saturated carbocycles. The van der Waals surface area contributed by atoms with Crippen molar-refractivity contribution in [3.8, 4) is 11.1 Å². The zero-order valence-electron chi connectivity index (χ0n) is 26.3. The molecule has 1 aromatic heterocycles. The summed E-state index contributed by atoms with van der Waals surface area (Å²) >= 11 is 0. The highest BCUT2D eigenvalue weighted by atomic mass is 19.3. The number of alkyl halides is 2. The number of carbonyl (C=O) groups is 1. The molecule has 0 unspecified atom stereocenters. The number of benzene rings is 3. The summed E-state index contributed by atoms with van der Waals surface area (Å²) in [7, 11) is 0. The topological polar surface area (TPSA) is 116 Å². The number of amides is 1. The second kappa shape index (κ2) is 14.2. The lowest BCUT2D eigenvalue weighted by Crippen LogP contribution is -2.32. The van der Waals surface area contributed by atoms with Crippen LogP contribution in [-0.2, 0) is 21.9 Å². The highest BCUT2D eigenvalue weighted by molar-refractivity contribution is 6.09. The van der Waals surface area contributed by atoms with E-state index in [0.29, 0.717) is 53.1 Å². The van der Waals surface area contributed by atoms with E-state index in [1.54, 1.807) is 42.7 Å². The normalized spacial score (nSPS) is 19.6. The van der Waals surface area contributed by atoms with Crippen molar-refractivity contribution in [3.63, 3.8) is 0 Å². The molecule has 4 N–H and O–H groups in total. The molecule has 1 aliphatic carbocycles. The lowest BCUT2D eigenvalue weighted by atomic mass is 9.81. The maximum atomic E-state index is 15.3. The van der Waals surface area contributed by atoms with E-state index in [1.165, 1.54) is 30.5 Å². The minimum atomic E-state index is -3.71. The Morgan fingerprint density at radius 3 is 2.31 bits per heavy atom. The molecule has 0 bridgehead atoms. The van der Waals surface area contributed by atoms with Crippen molar-refractivity contribution in [2.24, 2.45) is 22.4 Å². The molecular formula is C37H37F4N5O2. The van der Waals surface area contributed by atoms with Gasteiger partial charge in [0.15, 0.2) is 0 Å². The quantitative estimate of drug-likeness (QED) is 0.145. The number of ether oxygens (including phenoxy) is 1. The van der Waals surface area contributed by atoms with Gasteiger partial charge in [0.05, 0.1) is 22.9 Å². The van der Waals surface area contributed by atoms with Gasteiger partial charge in [0.1, 0.15) is 11.6 Å². The van der Waals surface area contributed by atoms with Gasteiger partial charge in [-0.2, -0.15) is 8.78 Å². The van der Waals surface area contributed by atoms with Gasteiger partial charge in [0, 0.05) is 53.9 Å². The van der Waals surface area contributed by atoms with Gasteiger partial charge < -0.3 is 16.2 Å². The molecule has 2 heterocycles. The van der Waals surface area contributed by atoms with Crippen LogP contribution in [0.3, 0.4) is 0 Å². The third kappa shape index (κ3) is 7.11. The van der Waals surface area contributed by atoms with E-state index < -0.39 is 29.0 Å². The van der Waals surface area contributed by atoms with E-state index >= 15 is 8.78 Å². The average molecular weight is 660 g/mol. The van der Waals surface area contributed by atoms with Crippen LogP contribution >= 0.6 is 0 Å². The van der Waals surface area contributed by atoms with Crippen LogP contribution in [0.1, 0.15) is 66.8 Å². The Bertz CT molecular complexity index is 1820. The first-order valence-electron chi connectivity index (χ1n) is 16.2. The number of primary amides is 1. The Balaban J connectivity index is 1.15. The van der Waals surface area contributed by atoms with Crippen molar-refractivity contribution in [1.29, 1.82) is 0 Å². The second-order valence-corrected chi connectivity index (χ2v) is 12.6. The Kier molecular flexibility index (Phi) is 9.86. The zero-order valence-corrected chi connectivity index (χ0v) is 26.3. The van der Waals surface area contributed by atoms with Crippen molar-refractivity contribution in [2.45, 2.75) is 62.8 Å². The van der Waals surface area contributed by atoms with Gasteiger partial charge in [-0.25, -0.2) is 13.8 Å². The van der Waals surface area contributed by atoms with Crippen molar-refractivity contribution in [1.82, 2.24) is 9.97 Å². The third-order valence-electron chi connectivity index (χ3n) is 9.51. The molecule has 1 aliphatic heterocycles. The molecule has 4 aromatic rings. The molecule has 6 rings (SSSR count). The van der Waals surface area contributed by atoms with Crippen LogP contribution in [0.15, 0.2) is 72.0 Å². The van der Waals surface area contributed by atoms with Crippen LogP contribution < -0.4 is 11.5 Å². The maximum Gasteiger partial charge on any atom is 0.349 e. The Morgan fingerprint density at radius 1 is 0.979 bits per heavy atom. The smallest absolute Gasteiger partial charge is 0.349 e. The molecule has 1 amide bonds. The van der Waals surface area contributed by atoms with Crippen molar-refractivity contribution in [2.75, 3.05) is 13.2 Å². The Hall–Kier alpha value is -4.64. The number of carbonyl (C=O) groups excluding carboxylic acids is 1. The predicted octanol–water partition coefficient (Wildman–Crippen LogP) is 7.22. The molecule has 0 radical (unpaired) electrons. The van der Waals surface area contributed by atoms with Crippen molar-refractivity contribution < 1.29 is 27.1 Å². The third-order valence-corrected chi connectivity index (χ3v) is 9.51. The zero-order chi connectivity index (χ0) is 33.8. The number of nitrogens with zero attached hydrogens (tertiary/aromatic N) is 3. The number of fused-ring (bicyclic) bond motifs is 1. The highest BCUT2D eigenvalue weighted by Crippen LogP contribution is 2.36. The fourth-order valence-electron chi connectivity index (χ4n) is 6.64. The van der Waals surface area contributed by atoms with E-state index in [1.807, 2.05) is 0 Å². The summed E-state index contributed by atoms with van der Waals surface area (Å²) in [5, 5.41) is 0. The van der Waals surface area contributed by atoms with Crippen LogP contribution in [0.5, 0.6) is 0 Å². The van der Waals surface area contributed by atoms with Gasteiger partial charge in [-0.1, -0.05) is 36.4 Å².